The summed E-state index contributed by atoms with van der Waals surface area (Å²) in [5.41, 5.74) is -0.328. The largest absolute Gasteiger partial charge is 0.446 e. The molecule has 0 fully saturated rings. The van der Waals surface area contributed by atoms with Gasteiger partial charge in [0.15, 0.2) is 5.75 Å². The normalized spacial score (nSPS) is 10.9. The zero-order valence-corrected chi connectivity index (χ0v) is 7.47. The van der Waals surface area contributed by atoms with Gasteiger partial charge in [-0.05, 0) is 6.07 Å². The van der Waals surface area contributed by atoms with Gasteiger partial charge in [-0.25, -0.2) is 0 Å². The van der Waals surface area contributed by atoms with E-state index >= 15 is 0 Å². The third kappa shape index (κ3) is 2.99. The van der Waals surface area contributed by atoms with Crippen molar-refractivity contribution in [1.82, 2.24) is 0 Å². The molecule has 0 heterocycles. The van der Waals surface area contributed by atoms with Crippen LogP contribution in [0.15, 0.2) is 24.3 Å². The van der Waals surface area contributed by atoms with Gasteiger partial charge >= 0.3 is 10.4 Å². The number of nitro benzene ring substituents is 1. The van der Waals surface area contributed by atoms with E-state index in [0.717, 1.165) is 12.1 Å². The number of hydrogen-bond acceptors (Lipinski definition) is 5. The Kier molecular flexibility index (Phi) is 2.68. The second kappa shape index (κ2) is 3.60. The Morgan fingerprint density at radius 1 is 1.43 bits per heavy atom. The number of rotatable bonds is 3. The number of non-ortho nitro benzene ring substituents is 1. The van der Waals surface area contributed by atoms with Crippen molar-refractivity contribution in [2.75, 3.05) is 0 Å². The third-order valence-electron chi connectivity index (χ3n) is 1.23. The standard InChI is InChI=1S/C6H5NO6S/c8-7(9)5-2-1-3-6(4-5)13-14(10,11)12/h1-4H,(H,10,11,12). The first-order valence-corrected chi connectivity index (χ1v) is 4.66. The van der Waals surface area contributed by atoms with Crippen LogP contribution < -0.4 is 4.18 Å². The topological polar surface area (TPSA) is 107 Å². The molecule has 76 valence electrons. The molecule has 0 bridgehead atoms. The van der Waals surface area contributed by atoms with Crippen molar-refractivity contribution in [2.45, 2.75) is 0 Å². The summed E-state index contributed by atoms with van der Waals surface area (Å²) in [6, 6.07) is 4.45. The number of nitro groups is 1. The van der Waals surface area contributed by atoms with E-state index < -0.39 is 15.3 Å². The van der Waals surface area contributed by atoms with Crippen LogP contribution in [-0.4, -0.2) is 17.9 Å². The van der Waals surface area contributed by atoms with Gasteiger partial charge in [-0.3, -0.25) is 14.7 Å². The summed E-state index contributed by atoms with van der Waals surface area (Å²) in [5.74, 6) is -0.318. The second-order valence-corrected chi connectivity index (χ2v) is 3.29. The Labute approximate surface area is 79.0 Å². The molecule has 0 atom stereocenters. The lowest BCUT2D eigenvalue weighted by molar-refractivity contribution is -0.384. The van der Waals surface area contributed by atoms with Gasteiger partial charge in [0.1, 0.15) is 0 Å². The zero-order chi connectivity index (χ0) is 10.8. The van der Waals surface area contributed by atoms with Gasteiger partial charge in [-0.2, -0.15) is 8.42 Å². The summed E-state index contributed by atoms with van der Waals surface area (Å²) in [6.45, 7) is 0. The van der Waals surface area contributed by atoms with Gasteiger partial charge in [0.2, 0.25) is 0 Å². The lowest BCUT2D eigenvalue weighted by atomic mass is 10.3. The van der Waals surface area contributed by atoms with Crippen LogP contribution in [0, 0.1) is 10.1 Å². The molecule has 1 aromatic carbocycles. The van der Waals surface area contributed by atoms with Gasteiger partial charge in [-0.1, -0.05) is 6.07 Å². The van der Waals surface area contributed by atoms with Crippen molar-refractivity contribution < 1.29 is 22.1 Å². The summed E-state index contributed by atoms with van der Waals surface area (Å²) in [7, 11) is -4.64. The van der Waals surface area contributed by atoms with Crippen molar-refractivity contribution in [3.05, 3.63) is 34.4 Å². The monoisotopic (exact) mass is 219 g/mol. The molecule has 0 saturated heterocycles. The van der Waals surface area contributed by atoms with Crippen molar-refractivity contribution in [3.8, 4) is 5.75 Å². The Morgan fingerprint density at radius 3 is 2.57 bits per heavy atom. The second-order valence-electron chi connectivity index (χ2n) is 2.27. The van der Waals surface area contributed by atoms with Crippen molar-refractivity contribution in [3.63, 3.8) is 0 Å². The van der Waals surface area contributed by atoms with Crippen molar-refractivity contribution in [1.29, 1.82) is 0 Å². The van der Waals surface area contributed by atoms with Gasteiger partial charge in [0.05, 0.1) is 11.0 Å². The van der Waals surface area contributed by atoms with E-state index in [2.05, 4.69) is 4.18 Å². The van der Waals surface area contributed by atoms with Crippen LogP contribution in [0.4, 0.5) is 5.69 Å². The van der Waals surface area contributed by atoms with E-state index in [1.165, 1.54) is 12.1 Å². The van der Waals surface area contributed by atoms with E-state index in [-0.39, 0.29) is 11.4 Å². The molecule has 7 nitrogen and oxygen atoms in total. The molecule has 1 N–H and O–H groups in total. The first-order valence-electron chi connectivity index (χ1n) is 3.30. The molecule has 1 aromatic rings. The summed E-state index contributed by atoms with van der Waals surface area (Å²) < 4.78 is 32.8. The number of hydrogen-bond donors (Lipinski definition) is 1. The molecule has 0 saturated carbocycles. The first-order chi connectivity index (χ1) is 6.38. The predicted octanol–water partition coefficient (Wildman–Crippen LogP) is 0.776. The lowest BCUT2D eigenvalue weighted by Gasteiger charge is -1.99. The molecule has 1 rings (SSSR count). The van der Waals surface area contributed by atoms with E-state index in [1.54, 1.807) is 0 Å². The molecule has 0 amide bonds. The van der Waals surface area contributed by atoms with Crippen molar-refractivity contribution in [2.24, 2.45) is 0 Å². The fourth-order valence-electron chi connectivity index (χ4n) is 0.771. The maximum atomic E-state index is 10.3. The summed E-state index contributed by atoms with van der Waals surface area (Å²) >= 11 is 0. The Balaban J connectivity index is 3.01. The highest BCUT2D eigenvalue weighted by atomic mass is 32.3. The fraction of sp³-hybridized carbons (Fsp3) is 0. The summed E-state index contributed by atoms with van der Waals surface area (Å²) in [6.07, 6.45) is 0. The molecule has 0 aliphatic heterocycles. The van der Waals surface area contributed by atoms with Gasteiger partial charge in [0, 0.05) is 6.07 Å². The fourth-order valence-corrected chi connectivity index (χ4v) is 1.12. The van der Waals surface area contributed by atoms with Gasteiger partial charge in [0.25, 0.3) is 5.69 Å². The lowest BCUT2D eigenvalue weighted by Crippen LogP contribution is -2.06. The summed E-state index contributed by atoms with van der Waals surface area (Å²) in [4.78, 5) is 9.55. The molecular weight excluding hydrogens is 214 g/mol. The molecule has 8 heteroatoms. The minimum atomic E-state index is -4.64. The molecule has 0 spiro atoms. The zero-order valence-electron chi connectivity index (χ0n) is 6.65. The van der Waals surface area contributed by atoms with Crippen LogP contribution in [0.5, 0.6) is 5.75 Å². The quantitative estimate of drug-likeness (QED) is 0.457. The van der Waals surface area contributed by atoms with Crippen LogP contribution in [0.1, 0.15) is 0 Å². The van der Waals surface area contributed by atoms with E-state index in [9.17, 15) is 18.5 Å². The van der Waals surface area contributed by atoms with E-state index in [4.69, 9.17) is 4.55 Å². The third-order valence-corrected chi connectivity index (χ3v) is 1.63. The maximum absolute atomic E-state index is 10.3. The first kappa shape index (κ1) is 10.4. The Hall–Kier alpha value is -1.67. The van der Waals surface area contributed by atoms with Crippen LogP contribution in [0.3, 0.4) is 0 Å². The number of benzene rings is 1. The SMILES string of the molecule is O=[N+]([O-])c1cccc(OS(=O)(=O)O)c1. The maximum Gasteiger partial charge on any atom is 0.446 e. The average molecular weight is 219 g/mol. The van der Waals surface area contributed by atoms with Gasteiger partial charge < -0.3 is 4.18 Å². The Bertz CT molecular complexity index is 453. The van der Waals surface area contributed by atoms with Gasteiger partial charge in [-0.15, -0.1) is 0 Å². The van der Waals surface area contributed by atoms with Crippen LogP contribution in [-0.2, 0) is 10.4 Å². The highest BCUT2D eigenvalue weighted by Crippen LogP contribution is 2.19. The summed E-state index contributed by atoms with van der Waals surface area (Å²) in [5, 5.41) is 10.3. The van der Waals surface area contributed by atoms with Crippen molar-refractivity contribution >= 4 is 16.1 Å². The molecule has 0 aromatic heterocycles. The number of nitrogens with zero attached hydrogens (tertiary/aromatic N) is 1. The van der Waals surface area contributed by atoms with Crippen LogP contribution >= 0.6 is 0 Å². The minimum absolute atomic E-state index is 0.318. The highest BCUT2D eigenvalue weighted by molar-refractivity contribution is 7.81. The van der Waals surface area contributed by atoms with E-state index in [1.807, 2.05) is 0 Å². The molecule has 0 unspecified atom stereocenters. The molecule has 0 radical (unpaired) electrons. The van der Waals surface area contributed by atoms with Crippen LogP contribution in [0.2, 0.25) is 0 Å². The van der Waals surface area contributed by atoms with Crippen LogP contribution in [0.25, 0.3) is 0 Å². The average Bonchev–Trinajstić information content (AvgIpc) is 2.01. The minimum Gasteiger partial charge on any atom is -0.362 e. The molecule has 0 aliphatic rings. The molecular formula is C6H5NO6S. The smallest absolute Gasteiger partial charge is 0.362 e. The molecule has 14 heavy (non-hydrogen) atoms. The Morgan fingerprint density at radius 2 is 2.07 bits per heavy atom. The van der Waals surface area contributed by atoms with E-state index in [0.29, 0.717) is 0 Å². The highest BCUT2D eigenvalue weighted by Gasteiger charge is 2.11. The molecule has 0 aliphatic carbocycles. The predicted molar refractivity (Wildman–Crippen MR) is 45.3 cm³/mol.